The zero-order valence-electron chi connectivity index (χ0n) is 19.2. The number of thiocarbonyl (C=S) groups is 1. The molecule has 1 amide bonds. The first-order valence-electron chi connectivity index (χ1n) is 11.3. The molecule has 12 heteroatoms. The van der Waals surface area contributed by atoms with E-state index in [1.54, 1.807) is 36.4 Å². The third kappa shape index (κ3) is 5.18. The van der Waals surface area contributed by atoms with E-state index in [1.165, 1.54) is 18.2 Å². The highest BCUT2D eigenvalue weighted by atomic mass is 35.5. The van der Waals surface area contributed by atoms with Crippen molar-refractivity contribution < 1.29 is 19.2 Å². The quantitative estimate of drug-likeness (QED) is 0.131. The number of nitro benzene ring substituents is 1. The molecular weight excluding hydrogens is 518 g/mol. The van der Waals surface area contributed by atoms with Crippen LogP contribution in [0.5, 0.6) is 5.75 Å². The minimum Gasteiger partial charge on any atom is -0.507 e. The highest BCUT2D eigenvalue weighted by molar-refractivity contribution is 7.80. The standard InChI is InChI=1S/C25H20ClN5O5S/c26-15-4-8-22-18(12-15)28-24(36-22)17-13-16(5-7-21(17)32)27-25(37)29-23(33)14-3-6-19(20(11-14)31(34)35)30-9-1-2-10-30/h3-8,11-13,32H,1-2,9-10H2,(H2,27,29,33,37). The predicted molar refractivity (Wildman–Crippen MR) is 144 cm³/mol. The summed E-state index contributed by atoms with van der Waals surface area (Å²) >= 11 is 11.3. The molecule has 3 aromatic carbocycles. The molecule has 10 nitrogen and oxygen atoms in total. The second-order valence-corrected chi connectivity index (χ2v) is 9.27. The van der Waals surface area contributed by atoms with E-state index in [0.717, 1.165) is 25.9 Å². The molecule has 0 saturated carbocycles. The molecule has 0 bridgehead atoms. The van der Waals surface area contributed by atoms with E-state index in [0.29, 0.717) is 33.1 Å². The van der Waals surface area contributed by atoms with E-state index in [1.807, 2.05) is 4.90 Å². The summed E-state index contributed by atoms with van der Waals surface area (Å²) in [6, 6.07) is 13.9. The lowest BCUT2D eigenvalue weighted by Gasteiger charge is -2.18. The van der Waals surface area contributed by atoms with Crippen molar-refractivity contribution in [3.8, 4) is 17.2 Å². The summed E-state index contributed by atoms with van der Waals surface area (Å²) in [5, 5.41) is 27.9. The van der Waals surface area contributed by atoms with E-state index < -0.39 is 10.8 Å². The summed E-state index contributed by atoms with van der Waals surface area (Å²) in [5.74, 6) is -0.481. The molecule has 1 aliphatic rings. The molecule has 0 atom stereocenters. The number of nitrogens with one attached hydrogen (secondary N) is 2. The van der Waals surface area contributed by atoms with Crippen molar-refractivity contribution in [3.05, 3.63) is 75.3 Å². The molecule has 0 spiro atoms. The van der Waals surface area contributed by atoms with Gasteiger partial charge in [-0.3, -0.25) is 20.2 Å². The highest BCUT2D eigenvalue weighted by Gasteiger charge is 2.24. The molecule has 4 aromatic rings. The van der Waals surface area contributed by atoms with Gasteiger partial charge in [0.1, 0.15) is 17.0 Å². The summed E-state index contributed by atoms with van der Waals surface area (Å²) < 4.78 is 5.73. The third-order valence-corrected chi connectivity index (χ3v) is 6.38. The van der Waals surface area contributed by atoms with E-state index in [4.69, 9.17) is 28.2 Å². The maximum atomic E-state index is 12.8. The molecule has 0 radical (unpaired) electrons. The fraction of sp³-hybridized carbons (Fsp3) is 0.160. The molecule has 1 aromatic heterocycles. The first kappa shape index (κ1) is 24.5. The number of anilines is 2. The topological polar surface area (TPSA) is 134 Å². The molecule has 1 fully saturated rings. The van der Waals surface area contributed by atoms with E-state index >= 15 is 0 Å². The second-order valence-electron chi connectivity index (χ2n) is 8.43. The van der Waals surface area contributed by atoms with Crippen LogP contribution >= 0.6 is 23.8 Å². The van der Waals surface area contributed by atoms with Crippen LogP contribution in [0, 0.1) is 10.1 Å². The van der Waals surface area contributed by atoms with Crippen LogP contribution < -0.4 is 15.5 Å². The average Bonchev–Trinajstić information content (AvgIpc) is 3.54. The van der Waals surface area contributed by atoms with E-state index in [2.05, 4.69) is 15.6 Å². The van der Waals surface area contributed by atoms with Crippen molar-refractivity contribution in [2.45, 2.75) is 12.8 Å². The largest absolute Gasteiger partial charge is 0.507 e. The van der Waals surface area contributed by atoms with Gasteiger partial charge in [-0.05, 0) is 73.6 Å². The van der Waals surface area contributed by atoms with Gasteiger partial charge < -0.3 is 19.7 Å². The Balaban J connectivity index is 1.31. The number of nitrogens with zero attached hydrogens (tertiary/aromatic N) is 3. The number of rotatable bonds is 5. The molecule has 2 heterocycles. The number of phenols is 1. The molecule has 188 valence electrons. The fourth-order valence-corrected chi connectivity index (χ4v) is 4.55. The van der Waals surface area contributed by atoms with Crippen LogP contribution in [0.1, 0.15) is 23.2 Å². The fourth-order valence-electron chi connectivity index (χ4n) is 4.17. The van der Waals surface area contributed by atoms with Gasteiger partial charge in [0.15, 0.2) is 10.7 Å². The highest BCUT2D eigenvalue weighted by Crippen LogP contribution is 2.34. The van der Waals surface area contributed by atoms with Crippen molar-refractivity contribution in [1.82, 2.24) is 10.3 Å². The number of aromatic nitrogens is 1. The summed E-state index contributed by atoms with van der Waals surface area (Å²) in [5.41, 5.74) is 2.27. The Kier molecular flexibility index (Phi) is 6.64. The van der Waals surface area contributed by atoms with Crippen molar-refractivity contribution in [1.29, 1.82) is 0 Å². The SMILES string of the molecule is O=C(NC(=S)Nc1ccc(O)c(-c2nc3cc(Cl)ccc3o2)c1)c1ccc(N2CCCC2)c([N+](=O)[O-])c1. The van der Waals surface area contributed by atoms with Crippen LogP contribution in [-0.2, 0) is 0 Å². The molecule has 1 aliphatic heterocycles. The normalized spacial score (nSPS) is 13.1. The van der Waals surface area contributed by atoms with Gasteiger partial charge in [-0.15, -0.1) is 0 Å². The van der Waals surface area contributed by atoms with Crippen LogP contribution in [0.4, 0.5) is 17.1 Å². The summed E-state index contributed by atoms with van der Waals surface area (Å²) in [6.07, 6.45) is 1.94. The molecule has 1 saturated heterocycles. The number of oxazole rings is 1. The first-order valence-corrected chi connectivity index (χ1v) is 12.1. The number of benzene rings is 3. The number of carbonyl (C=O) groups is 1. The molecule has 0 aliphatic carbocycles. The van der Waals surface area contributed by atoms with Gasteiger partial charge in [-0.2, -0.15) is 0 Å². The lowest BCUT2D eigenvalue weighted by molar-refractivity contribution is -0.384. The van der Waals surface area contributed by atoms with Crippen LogP contribution in [-0.4, -0.2) is 39.1 Å². The van der Waals surface area contributed by atoms with Gasteiger partial charge in [0.2, 0.25) is 5.89 Å². The van der Waals surface area contributed by atoms with Gasteiger partial charge in [0.25, 0.3) is 11.6 Å². The Morgan fingerprint density at radius 2 is 1.92 bits per heavy atom. The minimum atomic E-state index is -0.594. The Hall–Kier alpha value is -4.22. The Morgan fingerprint density at radius 1 is 1.14 bits per heavy atom. The van der Waals surface area contributed by atoms with Gasteiger partial charge in [-0.1, -0.05) is 11.6 Å². The zero-order chi connectivity index (χ0) is 26.1. The number of fused-ring (bicyclic) bond motifs is 1. The summed E-state index contributed by atoms with van der Waals surface area (Å²) in [6.45, 7) is 1.48. The van der Waals surface area contributed by atoms with Crippen molar-refractivity contribution in [3.63, 3.8) is 0 Å². The smallest absolute Gasteiger partial charge is 0.293 e. The monoisotopic (exact) mass is 537 g/mol. The van der Waals surface area contributed by atoms with Crippen molar-refractivity contribution in [2.75, 3.05) is 23.3 Å². The third-order valence-electron chi connectivity index (χ3n) is 5.94. The summed E-state index contributed by atoms with van der Waals surface area (Å²) in [4.78, 5) is 30.2. The maximum absolute atomic E-state index is 12.8. The molecule has 3 N–H and O–H groups in total. The Bertz CT molecular complexity index is 1550. The molecule has 5 rings (SSSR count). The van der Waals surface area contributed by atoms with Gasteiger partial charge in [0.05, 0.1) is 10.5 Å². The second kappa shape index (κ2) is 10.0. The van der Waals surface area contributed by atoms with Crippen LogP contribution in [0.15, 0.2) is 59.0 Å². The number of phenolic OH excluding ortho intramolecular Hbond substituents is 1. The zero-order valence-corrected chi connectivity index (χ0v) is 20.8. The van der Waals surface area contributed by atoms with Crippen LogP contribution in [0.3, 0.4) is 0 Å². The molecule has 37 heavy (non-hydrogen) atoms. The maximum Gasteiger partial charge on any atom is 0.293 e. The first-order chi connectivity index (χ1) is 17.8. The number of carbonyl (C=O) groups excluding carboxylic acids is 1. The van der Waals surface area contributed by atoms with Crippen molar-refractivity contribution >= 4 is 63.0 Å². The van der Waals surface area contributed by atoms with Crippen molar-refractivity contribution in [2.24, 2.45) is 0 Å². The number of hydrogen-bond donors (Lipinski definition) is 3. The van der Waals surface area contributed by atoms with Gasteiger partial charge in [0, 0.05) is 35.4 Å². The minimum absolute atomic E-state index is 0.0303. The van der Waals surface area contributed by atoms with Gasteiger partial charge in [-0.25, -0.2) is 4.98 Å². The number of halogens is 1. The molecule has 0 unspecified atom stereocenters. The van der Waals surface area contributed by atoms with E-state index in [-0.39, 0.29) is 28.0 Å². The van der Waals surface area contributed by atoms with Gasteiger partial charge >= 0.3 is 0 Å². The summed E-state index contributed by atoms with van der Waals surface area (Å²) in [7, 11) is 0. The van der Waals surface area contributed by atoms with Crippen LogP contribution in [0.25, 0.3) is 22.6 Å². The number of hydrogen-bond acceptors (Lipinski definition) is 8. The predicted octanol–water partition coefficient (Wildman–Crippen LogP) is 5.49. The number of aromatic hydroxyl groups is 1. The lowest BCUT2D eigenvalue weighted by Crippen LogP contribution is -2.34. The number of amides is 1. The lowest BCUT2D eigenvalue weighted by atomic mass is 10.1. The average molecular weight is 538 g/mol. The Labute approximate surface area is 221 Å². The Morgan fingerprint density at radius 3 is 2.68 bits per heavy atom. The van der Waals surface area contributed by atoms with E-state index in [9.17, 15) is 20.0 Å². The van der Waals surface area contributed by atoms with Crippen LogP contribution in [0.2, 0.25) is 5.02 Å². The number of nitro groups is 1. The molecular formula is C25H20ClN5O5S.